The minimum atomic E-state index is -1.00. The fraction of sp³-hybridized carbons (Fsp3) is 0.667. The topological polar surface area (TPSA) is 123 Å². The lowest BCUT2D eigenvalue weighted by Gasteiger charge is -2.31. The van der Waals surface area contributed by atoms with E-state index in [1.807, 2.05) is 58.0 Å². The molecule has 2 unspecified atom stereocenters. The fourth-order valence-corrected chi connectivity index (χ4v) is 5.16. The molecule has 2 heterocycles. The number of carbonyl (C=O) groups is 4. The van der Waals surface area contributed by atoms with Crippen molar-refractivity contribution in [3.63, 3.8) is 0 Å². The van der Waals surface area contributed by atoms with Gasteiger partial charge in [0, 0.05) is 18.7 Å². The average Bonchev–Trinajstić information content (AvgIpc) is 3.57. The Bertz CT molecular complexity index is 1050. The summed E-state index contributed by atoms with van der Waals surface area (Å²) in [7, 11) is 0. The fourth-order valence-electron chi connectivity index (χ4n) is 5.16. The van der Waals surface area contributed by atoms with Crippen LogP contribution >= 0.6 is 0 Å². The van der Waals surface area contributed by atoms with Crippen LogP contribution in [0, 0.1) is 11.3 Å². The van der Waals surface area contributed by atoms with E-state index in [9.17, 15) is 19.2 Å². The van der Waals surface area contributed by atoms with E-state index in [4.69, 9.17) is 4.84 Å². The Morgan fingerprint density at radius 2 is 1.57 bits per heavy atom. The maximum atomic E-state index is 13.5. The van der Waals surface area contributed by atoms with Crippen molar-refractivity contribution in [2.45, 2.75) is 91.6 Å². The molecule has 2 aliphatic rings. The monoisotopic (exact) mass is 557 g/mol. The molecule has 1 aromatic rings. The van der Waals surface area contributed by atoms with E-state index in [1.165, 1.54) is 6.42 Å². The molecule has 40 heavy (non-hydrogen) atoms. The first-order valence-electron chi connectivity index (χ1n) is 14.4. The van der Waals surface area contributed by atoms with Gasteiger partial charge in [-0.25, -0.2) is 0 Å². The van der Waals surface area contributed by atoms with E-state index in [0.29, 0.717) is 13.1 Å². The van der Waals surface area contributed by atoms with Crippen LogP contribution < -0.4 is 16.0 Å². The number of benzene rings is 1. The Morgan fingerprint density at radius 1 is 0.950 bits per heavy atom. The first-order chi connectivity index (χ1) is 18.8. The van der Waals surface area contributed by atoms with E-state index in [1.54, 1.807) is 25.8 Å². The standard InChI is InChI=1S/C30H47N5O5/c1-20(2)23(24(36)27(38)31-16-19-34-17-12-9-13-18-34)33-26(37)21(3)32-28(39)25(29(4,5)6)35-30(7,40-35)22-14-10-8-11-15-22/h8,10-11,14-15,20-21,23,25H,9,12-13,16-19H2,1-7H3,(H,31,38)(H,32,39)(H,33,37)/t21-,23-,25+,30?,35?/m0/s1. The Kier molecular flexibility index (Phi) is 10.5. The van der Waals surface area contributed by atoms with Gasteiger partial charge in [-0.2, -0.15) is 0 Å². The van der Waals surface area contributed by atoms with Crippen LogP contribution in [-0.4, -0.2) is 77.8 Å². The lowest BCUT2D eigenvalue weighted by atomic mass is 9.85. The van der Waals surface area contributed by atoms with Crippen LogP contribution in [0.2, 0.25) is 0 Å². The number of amides is 3. The maximum absolute atomic E-state index is 13.5. The van der Waals surface area contributed by atoms with Crippen LogP contribution in [-0.2, 0) is 29.7 Å². The summed E-state index contributed by atoms with van der Waals surface area (Å²) >= 11 is 0. The maximum Gasteiger partial charge on any atom is 0.289 e. The van der Waals surface area contributed by atoms with Gasteiger partial charge in [0.25, 0.3) is 5.91 Å². The number of Topliss-reactive ketones (excluding diaryl/α,β-unsaturated/α-hetero) is 1. The van der Waals surface area contributed by atoms with Crippen LogP contribution in [0.1, 0.15) is 73.3 Å². The van der Waals surface area contributed by atoms with Gasteiger partial charge in [0.15, 0.2) is 5.72 Å². The number of carbonyl (C=O) groups excluding carboxylic acids is 4. The van der Waals surface area contributed by atoms with Crippen molar-refractivity contribution in [2.75, 3.05) is 26.2 Å². The number of likely N-dealkylation sites (tertiary alicyclic amines) is 1. The number of piperidine rings is 1. The summed E-state index contributed by atoms with van der Waals surface area (Å²) in [5.74, 6) is -2.61. The van der Waals surface area contributed by atoms with Gasteiger partial charge in [-0.05, 0) is 51.1 Å². The molecule has 3 rings (SSSR count). The molecule has 10 nitrogen and oxygen atoms in total. The van der Waals surface area contributed by atoms with Crippen molar-refractivity contribution < 1.29 is 24.0 Å². The van der Waals surface area contributed by atoms with Gasteiger partial charge in [-0.3, -0.25) is 24.0 Å². The lowest BCUT2D eigenvalue weighted by molar-refractivity contribution is -0.141. The second-order valence-electron chi connectivity index (χ2n) is 12.5. The molecule has 0 aromatic heterocycles. The summed E-state index contributed by atoms with van der Waals surface area (Å²) in [4.78, 5) is 60.3. The molecule has 3 amide bonds. The number of ketones is 1. The van der Waals surface area contributed by atoms with Crippen LogP contribution in [0.3, 0.4) is 0 Å². The summed E-state index contributed by atoms with van der Waals surface area (Å²) < 4.78 is 0. The zero-order chi connectivity index (χ0) is 29.7. The number of hydrogen-bond donors (Lipinski definition) is 3. The number of hydroxylamine groups is 2. The molecule has 2 saturated heterocycles. The predicted octanol–water partition coefficient (Wildman–Crippen LogP) is 2.34. The smallest absolute Gasteiger partial charge is 0.289 e. The average molecular weight is 558 g/mol. The molecular formula is C30H47N5O5. The van der Waals surface area contributed by atoms with Gasteiger partial charge in [-0.1, -0.05) is 71.4 Å². The van der Waals surface area contributed by atoms with E-state index in [0.717, 1.165) is 31.5 Å². The van der Waals surface area contributed by atoms with Gasteiger partial charge in [0.1, 0.15) is 12.1 Å². The van der Waals surface area contributed by atoms with E-state index >= 15 is 0 Å². The molecule has 3 N–H and O–H groups in total. The highest BCUT2D eigenvalue weighted by Gasteiger charge is 2.60. The second kappa shape index (κ2) is 13.2. The Hall–Kier alpha value is -2.82. The third-order valence-corrected chi connectivity index (χ3v) is 7.66. The summed E-state index contributed by atoms with van der Waals surface area (Å²) in [6.45, 7) is 15.9. The number of nitrogens with one attached hydrogen (secondary N) is 3. The molecule has 1 aromatic carbocycles. The highest BCUT2D eigenvalue weighted by Crippen LogP contribution is 2.49. The molecule has 0 aliphatic carbocycles. The number of nitrogens with zero attached hydrogens (tertiary/aromatic N) is 2. The van der Waals surface area contributed by atoms with Gasteiger partial charge in [-0.15, -0.1) is 5.06 Å². The first-order valence-corrected chi connectivity index (χ1v) is 14.4. The summed E-state index contributed by atoms with van der Waals surface area (Å²) in [6.07, 6.45) is 3.53. The molecule has 5 atom stereocenters. The van der Waals surface area contributed by atoms with Gasteiger partial charge >= 0.3 is 0 Å². The van der Waals surface area contributed by atoms with Crippen LogP contribution in [0.4, 0.5) is 0 Å². The van der Waals surface area contributed by atoms with E-state index in [2.05, 4.69) is 20.9 Å². The Labute approximate surface area is 238 Å². The van der Waals surface area contributed by atoms with Crippen LogP contribution in [0.5, 0.6) is 0 Å². The van der Waals surface area contributed by atoms with Gasteiger partial charge in [0.05, 0.1) is 6.04 Å². The molecule has 222 valence electrons. The van der Waals surface area contributed by atoms with Crippen molar-refractivity contribution in [3.8, 4) is 0 Å². The highest BCUT2D eigenvalue weighted by atomic mass is 16.9. The molecule has 0 saturated carbocycles. The summed E-state index contributed by atoms with van der Waals surface area (Å²) in [5, 5.41) is 9.84. The molecule has 0 radical (unpaired) electrons. The zero-order valence-corrected chi connectivity index (χ0v) is 25.1. The third-order valence-electron chi connectivity index (χ3n) is 7.66. The molecule has 10 heteroatoms. The first kappa shape index (κ1) is 31.7. The minimum Gasteiger partial charge on any atom is -0.348 e. The Balaban J connectivity index is 1.57. The molecule has 2 aliphatic heterocycles. The zero-order valence-electron chi connectivity index (χ0n) is 25.1. The van der Waals surface area contributed by atoms with E-state index in [-0.39, 0.29) is 11.8 Å². The molecule has 0 spiro atoms. The van der Waals surface area contributed by atoms with Gasteiger partial charge < -0.3 is 20.9 Å². The van der Waals surface area contributed by atoms with Crippen LogP contribution in [0.15, 0.2) is 30.3 Å². The predicted molar refractivity (Wildman–Crippen MR) is 153 cm³/mol. The van der Waals surface area contributed by atoms with Crippen molar-refractivity contribution in [2.24, 2.45) is 11.3 Å². The molecule has 2 fully saturated rings. The SMILES string of the molecule is CC(C)[C@H](NC(=O)[C@H](C)NC(=O)[C@@H](N1OC1(C)c1ccccc1)C(C)(C)C)C(=O)C(=O)NCCN1CCCCC1. The van der Waals surface area contributed by atoms with Crippen molar-refractivity contribution in [3.05, 3.63) is 35.9 Å². The number of hydrogen-bond acceptors (Lipinski definition) is 7. The lowest BCUT2D eigenvalue weighted by Crippen LogP contribution is -2.57. The number of rotatable bonds is 12. The van der Waals surface area contributed by atoms with E-state index < -0.39 is 46.9 Å². The third kappa shape index (κ3) is 7.89. The minimum absolute atomic E-state index is 0.313. The summed E-state index contributed by atoms with van der Waals surface area (Å²) in [6, 6.07) is 7.03. The van der Waals surface area contributed by atoms with Crippen molar-refractivity contribution in [1.82, 2.24) is 25.9 Å². The largest absolute Gasteiger partial charge is 0.348 e. The van der Waals surface area contributed by atoms with Crippen molar-refractivity contribution >= 4 is 23.5 Å². The molecular weight excluding hydrogens is 510 g/mol. The van der Waals surface area contributed by atoms with Gasteiger partial charge in [0.2, 0.25) is 17.6 Å². The normalized spacial score (nSPS) is 23.6. The highest BCUT2D eigenvalue weighted by molar-refractivity contribution is 6.38. The second-order valence-corrected chi connectivity index (χ2v) is 12.5. The summed E-state index contributed by atoms with van der Waals surface area (Å²) in [5.41, 5.74) is -0.330. The van der Waals surface area contributed by atoms with Crippen molar-refractivity contribution in [1.29, 1.82) is 0 Å². The molecule has 0 bridgehead atoms. The van der Waals surface area contributed by atoms with Crippen LogP contribution in [0.25, 0.3) is 0 Å². The quantitative estimate of drug-likeness (QED) is 0.266. The Morgan fingerprint density at radius 3 is 2.15 bits per heavy atom.